The third kappa shape index (κ3) is 4.26. The van der Waals surface area contributed by atoms with Gasteiger partial charge in [-0.05, 0) is 13.0 Å². The second-order valence-electron chi connectivity index (χ2n) is 5.92. The Hall–Kier alpha value is -2.20. The number of aromatic nitrogens is 4. The SMILES string of the molecule is [2H]c1c(COC[C@H](C)N)nn2c1CN(c1ncc(C(F)(F)F)cn1)CC2. The topological polar surface area (TPSA) is 82.1 Å². The van der Waals surface area contributed by atoms with E-state index in [0.29, 0.717) is 37.6 Å². The molecule has 1 atom stereocenters. The molecule has 2 N–H and O–H groups in total. The highest BCUT2D eigenvalue weighted by Crippen LogP contribution is 2.28. The minimum atomic E-state index is -4.47. The molecule has 10 heteroatoms. The number of anilines is 1. The zero-order valence-corrected chi connectivity index (χ0v) is 13.6. The molecular formula is C15H19F3N6O. The summed E-state index contributed by atoms with van der Waals surface area (Å²) >= 11 is 0. The Morgan fingerprint density at radius 1 is 1.36 bits per heavy atom. The summed E-state index contributed by atoms with van der Waals surface area (Å²) in [5.74, 6) is 0.194. The lowest BCUT2D eigenvalue weighted by Crippen LogP contribution is -2.35. The number of nitrogens with two attached hydrogens (primary N) is 1. The first-order valence-electron chi connectivity index (χ1n) is 8.28. The van der Waals surface area contributed by atoms with E-state index < -0.39 is 11.7 Å². The predicted octanol–water partition coefficient (Wildman–Crippen LogP) is 1.58. The van der Waals surface area contributed by atoms with Crippen molar-refractivity contribution in [2.24, 2.45) is 5.73 Å². The minimum absolute atomic E-state index is 0.103. The molecule has 0 saturated carbocycles. The molecule has 136 valence electrons. The molecule has 0 radical (unpaired) electrons. The summed E-state index contributed by atoms with van der Waals surface area (Å²) in [6.07, 6.45) is -2.93. The van der Waals surface area contributed by atoms with Gasteiger partial charge in [-0.15, -0.1) is 0 Å². The van der Waals surface area contributed by atoms with Crippen LogP contribution in [0.25, 0.3) is 0 Å². The average Bonchev–Trinajstić information content (AvgIpc) is 2.90. The molecule has 3 rings (SSSR count). The van der Waals surface area contributed by atoms with Crippen molar-refractivity contribution in [3.05, 3.63) is 35.4 Å². The maximum atomic E-state index is 12.6. The van der Waals surface area contributed by atoms with Crippen molar-refractivity contribution in [1.29, 1.82) is 0 Å². The third-order valence-electron chi connectivity index (χ3n) is 3.63. The summed E-state index contributed by atoms with van der Waals surface area (Å²) in [5, 5.41) is 4.37. The van der Waals surface area contributed by atoms with Gasteiger partial charge in [0, 0.05) is 25.0 Å². The number of hydrogen-bond donors (Lipinski definition) is 1. The molecule has 25 heavy (non-hydrogen) atoms. The Morgan fingerprint density at radius 3 is 2.72 bits per heavy atom. The molecule has 7 nitrogen and oxygen atoms in total. The Kier molecular flexibility index (Phi) is 4.53. The zero-order valence-electron chi connectivity index (χ0n) is 14.6. The van der Waals surface area contributed by atoms with E-state index in [0.717, 1.165) is 12.4 Å². The Morgan fingerprint density at radius 2 is 2.08 bits per heavy atom. The van der Waals surface area contributed by atoms with Crippen LogP contribution >= 0.6 is 0 Å². The van der Waals surface area contributed by atoms with E-state index in [-0.39, 0.29) is 24.6 Å². The molecule has 0 bridgehead atoms. The Bertz CT molecular complexity index is 762. The van der Waals surface area contributed by atoms with Crippen molar-refractivity contribution < 1.29 is 19.3 Å². The van der Waals surface area contributed by atoms with Gasteiger partial charge in [-0.2, -0.15) is 18.3 Å². The van der Waals surface area contributed by atoms with Crippen molar-refractivity contribution in [2.45, 2.75) is 38.8 Å². The maximum Gasteiger partial charge on any atom is 0.419 e. The molecule has 3 heterocycles. The molecule has 2 aromatic heterocycles. The number of hydrogen-bond acceptors (Lipinski definition) is 6. The van der Waals surface area contributed by atoms with Crippen molar-refractivity contribution in [3.8, 4) is 0 Å². The van der Waals surface area contributed by atoms with Crippen molar-refractivity contribution in [3.63, 3.8) is 0 Å². The second-order valence-corrected chi connectivity index (χ2v) is 5.92. The van der Waals surface area contributed by atoms with Gasteiger partial charge >= 0.3 is 6.18 Å². The lowest BCUT2D eigenvalue weighted by molar-refractivity contribution is -0.138. The fourth-order valence-electron chi connectivity index (χ4n) is 2.45. The van der Waals surface area contributed by atoms with E-state index in [2.05, 4.69) is 15.1 Å². The summed E-state index contributed by atoms with van der Waals surface area (Å²) in [6, 6.07) is 0.153. The van der Waals surface area contributed by atoms with Crippen LogP contribution in [0.1, 0.15) is 25.2 Å². The van der Waals surface area contributed by atoms with Crippen LogP contribution in [0.4, 0.5) is 19.1 Å². The van der Waals surface area contributed by atoms with Crippen LogP contribution in [0.15, 0.2) is 18.4 Å². The summed E-state index contributed by atoms with van der Waals surface area (Å²) in [5.41, 5.74) is 5.89. The smallest absolute Gasteiger partial charge is 0.373 e. The molecule has 0 unspecified atom stereocenters. The van der Waals surface area contributed by atoms with Crippen molar-refractivity contribution in [1.82, 2.24) is 19.7 Å². The third-order valence-corrected chi connectivity index (χ3v) is 3.63. The van der Waals surface area contributed by atoms with Gasteiger partial charge in [0.1, 0.15) is 0 Å². The maximum absolute atomic E-state index is 12.6. The highest BCUT2D eigenvalue weighted by atomic mass is 19.4. The number of fused-ring (bicyclic) bond motifs is 1. The monoisotopic (exact) mass is 357 g/mol. The van der Waals surface area contributed by atoms with E-state index in [9.17, 15) is 13.2 Å². The first kappa shape index (κ1) is 16.3. The van der Waals surface area contributed by atoms with Gasteiger partial charge in [-0.3, -0.25) is 4.68 Å². The number of nitrogens with zero attached hydrogens (tertiary/aromatic N) is 5. The fourth-order valence-corrected chi connectivity index (χ4v) is 2.45. The highest BCUT2D eigenvalue weighted by Gasteiger charge is 2.31. The Balaban J connectivity index is 1.72. The molecule has 0 saturated heterocycles. The quantitative estimate of drug-likeness (QED) is 0.875. The molecule has 0 aliphatic carbocycles. The van der Waals surface area contributed by atoms with E-state index >= 15 is 0 Å². The van der Waals surface area contributed by atoms with Crippen LogP contribution in [0.2, 0.25) is 0 Å². The van der Waals surface area contributed by atoms with Gasteiger partial charge in [0.15, 0.2) is 0 Å². The fraction of sp³-hybridized carbons (Fsp3) is 0.533. The van der Waals surface area contributed by atoms with E-state index in [1.165, 1.54) is 0 Å². The number of ether oxygens (including phenoxy) is 1. The van der Waals surface area contributed by atoms with Crippen molar-refractivity contribution >= 4 is 5.95 Å². The van der Waals surface area contributed by atoms with Gasteiger partial charge in [0.05, 0.1) is 44.6 Å². The second kappa shape index (κ2) is 6.96. The highest BCUT2D eigenvalue weighted by molar-refractivity contribution is 5.33. The van der Waals surface area contributed by atoms with Crippen LogP contribution in [0, 0.1) is 0 Å². The van der Waals surface area contributed by atoms with Gasteiger partial charge in [0.25, 0.3) is 0 Å². The average molecular weight is 357 g/mol. The van der Waals surface area contributed by atoms with Gasteiger partial charge in [-0.1, -0.05) is 0 Å². The van der Waals surface area contributed by atoms with Crippen LogP contribution < -0.4 is 10.6 Å². The number of alkyl halides is 3. The summed E-state index contributed by atoms with van der Waals surface area (Å²) in [6.45, 7) is 3.65. The van der Waals surface area contributed by atoms with Gasteiger partial charge < -0.3 is 15.4 Å². The molecule has 2 aromatic rings. The van der Waals surface area contributed by atoms with E-state index in [4.69, 9.17) is 11.8 Å². The van der Waals surface area contributed by atoms with Crippen LogP contribution in [-0.2, 0) is 30.6 Å². The first-order valence-corrected chi connectivity index (χ1v) is 7.78. The molecule has 0 spiro atoms. The lowest BCUT2D eigenvalue weighted by atomic mass is 10.3. The summed E-state index contributed by atoms with van der Waals surface area (Å²) in [7, 11) is 0. The molecule has 0 amide bonds. The van der Waals surface area contributed by atoms with Gasteiger partial charge in [-0.25, -0.2) is 9.97 Å². The van der Waals surface area contributed by atoms with Crippen LogP contribution in [0.3, 0.4) is 0 Å². The van der Waals surface area contributed by atoms with Crippen LogP contribution in [-0.4, -0.2) is 38.9 Å². The molecule has 0 aromatic carbocycles. The standard InChI is InChI=1S/C15H19F3N6O/c1-10(19)8-25-9-12-4-13-7-23(2-3-24(13)22-12)14-20-5-11(6-21-14)15(16,17)18/h4-6,10H,2-3,7-9,19H2,1H3/t10-/m0/s1/i4D. The minimum Gasteiger partial charge on any atom is -0.373 e. The molecule has 0 fully saturated rings. The van der Waals surface area contributed by atoms with E-state index in [1.807, 2.05) is 6.92 Å². The number of halogens is 3. The Labute approximate surface area is 144 Å². The lowest BCUT2D eigenvalue weighted by Gasteiger charge is -2.27. The summed E-state index contributed by atoms with van der Waals surface area (Å²) in [4.78, 5) is 9.35. The predicted molar refractivity (Wildman–Crippen MR) is 83.6 cm³/mol. The normalized spacial score (nSPS) is 16.5. The molecule has 1 aliphatic heterocycles. The largest absolute Gasteiger partial charge is 0.419 e. The van der Waals surface area contributed by atoms with Crippen molar-refractivity contribution in [2.75, 3.05) is 18.1 Å². The molecular weight excluding hydrogens is 337 g/mol. The van der Waals surface area contributed by atoms with E-state index in [1.54, 1.807) is 9.58 Å². The zero-order chi connectivity index (χ0) is 18.9. The first-order chi connectivity index (χ1) is 12.3. The molecule has 1 aliphatic rings. The number of rotatable bonds is 5. The van der Waals surface area contributed by atoms with Crippen LogP contribution in [0.5, 0.6) is 0 Å². The summed E-state index contributed by atoms with van der Waals surface area (Å²) < 4.78 is 53.2. The van der Waals surface area contributed by atoms with Gasteiger partial charge in [0.2, 0.25) is 5.95 Å².